The van der Waals surface area contributed by atoms with E-state index in [0.29, 0.717) is 11.3 Å². The van der Waals surface area contributed by atoms with Crippen molar-refractivity contribution in [1.82, 2.24) is 15.6 Å². The molecule has 0 atom stereocenters. The van der Waals surface area contributed by atoms with Crippen molar-refractivity contribution in [3.8, 4) is 0 Å². The van der Waals surface area contributed by atoms with Crippen molar-refractivity contribution in [3.63, 3.8) is 0 Å². The minimum Gasteiger partial charge on any atom is -0.281 e. The number of aromatic nitrogens is 2. The molecule has 1 amide bonds. The van der Waals surface area contributed by atoms with Crippen molar-refractivity contribution in [2.45, 2.75) is 25.7 Å². The Morgan fingerprint density at radius 1 is 1.35 bits per heavy atom. The Balaban J connectivity index is 1.72. The van der Waals surface area contributed by atoms with Crippen LogP contribution in [0, 0.1) is 10.1 Å². The van der Waals surface area contributed by atoms with E-state index in [2.05, 4.69) is 20.7 Å². The third-order valence-electron chi connectivity index (χ3n) is 3.77. The first-order chi connectivity index (χ1) is 11.2. The molecule has 0 bridgehead atoms. The van der Waals surface area contributed by atoms with Gasteiger partial charge in [0.15, 0.2) is 5.69 Å². The topological polar surface area (TPSA) is 113 Å². The van der Waals surface area contributed by atoms with Gasteiger partial charge in [-0.25, -0.2) is 5.43 Å². The highest BCUT2D eigenvalue weighted by atomic mass is 16.6. The number of hydrazone groups is 1. The van der Waals surface area contributed by atoms with Crippen LogP contribution in [-0.4, -0.2) is 27.2 Å². The van der Waals surface area contributed by atoms with Crippen molar-refractivity contribution in [2.75, 3.05) is 0 Å². The minimum atomic E-state index is -0.493. The van der Waals surface area contributed by atoms with Gasteiger partial charge in [0.25, 0.3) is 11.6 Å². The lowest BCUT2D eigenvalue weighted by Gasteiger charge is -2.10. The summed E-state index contributed by atoms with van der Waals surface area (Å²) in [5.74, 6) is -0.417. The molecule has 1 aliphatic carbocycles. The highest BCUT2D eigenvalue weighted by Crippen LogP contribution is 2.22. The second kappa shape index (κ2) is 6.39. The molecule has 118 valence electrons. The second-order valence-electron chi connectivity index (χ2n) is 5.25. The monoisotopic (exact) mass is 313 g/mol. The van der Waals surface area contributed by atoms with Crippen molar-refractivity contribution < 1.29 is 9.72 Å². The molecule has 0 aliphatic heterocycles. The van der Waals surface area contributed by atoms with E-state index in [1.54, 1.807) is 18.2 Å². The van der Waals surface area contributed by atoms with Gasteiger partial charge in [-0.15, -0.1) is 0 Å². The first-order valence-electron chi connectivity index (χ1n) is 7.30. The third-order valence-corrected chi connectivity index (χ3v) is 3.77. The molecule has 0 fully saturated rings. The maximum Gasteiger partial charge on any atom is 0.292 e. The summed E-state index contributed by atoms with van der Waals surface area (Å²) in [7, 11) is 0. The molecule has 0 radical (unpaired) electrons. The zero-order chi connectivity index (χ0) is 16.2. The number of fused-ring (bicyclic) bond motifs is 1. The number of nitrogens with one attached hydrogen (secondary N) is 2. The van der Waals surface area contributed by atoms with Crippen LogP contribution in [0.2, 0.25) is 0 Å². The number of benzene rings is 1. The number of nitro benzene ring substituents is 1. The van der Waals surface area contributed by atoms with E-state index in [1.807, 2.05) is 0 Å². The van der Waals surface area contributed by atoms with Crippen LogP contribution in [0.5, 0.6) is 0 Å². The van der Waals surface area contributed by atoms with E-state index in [0.717, 1.165) is 36.9 Å². The molecule has 1 aliphatic rings. The Morgan fingerprint density at radius 2 is 2.13 bits per heavy atom. The molecular formula is C15H15N5O3. The summed E-state index contributed by atoms with van der Waals surface area (Å²) >= 11 is 0. The van der Waals surface area contributed by atoms with Crippen LogP contribution >= 0.6 is 0 Å². The smallest absolute Gasteiger partial charge is 0.281 e. The van der Waals surface area contributed by atoms with Gasteiger partial charge in [-0.3, -0.25) is 20.0 Å². The molecular weight excluding hydrogens is 298 g/mol. The zero-order valence-corrected chi connectivity index (χ0v) is 12.3. The van der Waals surface area contributed by atoms with E-state index >= 15 is 0 Å². The summed E-state index contributed by atoms with van der Waals surface area (Å²) in [6.45, 7) is 0. The SMILES string of the molecule is O=C(N/N=C/c1ccccc1[N+](=O)[O-])c1n[nH]c2c1CCCC2. The van der Waals surface area contributed by atoms with Gasteiger partial charge < -0.3 is 0 Å². The lowest BCUT2D eigenvalue weighted by molar-refractivity contribution is -0.385. The molecule has 0 unspecified atom stereocenters. The van der Waals surface area contributed by atoms with Crippen LogP contribution in [0.25, 0.3) is 0 Å². The number of aryl methyl sites for hydroxylation is 1. The molecule has 8 nitrogen and oxygen atoms in total. The highest BCUT2D eigenvalue weighted by Gasteiger charge is 2.21. The molecule has 0 spiro atoms. The van der Waals surface area contributed by atoms with Crippen molar-refractivity contribution in [2.24, 2.45) is 5.10 Å². The molecule has 2 N–H and O–H groups in total. The van der Waals surface area contributed by atoms with Crippen LogP contribution in [-0.2, 0) is 12.8 Å². The average molecular weight is 313 g/mol. The molecule has 0 saturated carbocycles. The Hall–Kier alpha value is -3.03. The predicted molar refractivity (Wildman–Crippen MR) is 83.4 cm³/mol. The first-order valence-corrected chi connectivity index (χ1v) is 7.30. The maximum absolute atomic E-state index is 12.1. The number of hydrogen-bond acceptors (Lipinski definition) is 5. The number of aromatic amines is 1. The van der Waals surface area contributed by atoms with E-state index in [-0.39, 0.29) is 5.69 Å². The molecule has 1 aromatic heterocycles. The van der Waals surface area contributed by atoms with Crippen LogP contribution in [0.3, 0.4) is 0 Å². The normalized spacial score (nSPS) is 13.7. The van der Waals surface area contributed by atoms with Crippen molar-refractivity contribution in [1.29, 1.82) is 0 Å². The fourth-order valence-corrected chi connectivity index (χ4v) is 2.65. The lowest BCUT2D eigenvalue weighted by Crippen LogP contribution is -2.20. The van der Waals surface area contributed by atoms with E-state index in [9.17, 15) is 14.9 Å². The van der Waals surface area contributed by atoms with Crippen molar-refractivity contribution in [3.05, 3.63) is 56.9 Å². The van der Waals surface area contributed by atoms with Gasteiger partial charge in [0, 0.05) is 17.3 Å². The number of nitro groups is 1. The maximum atomic E-state index is 12.1. The molecule has 3 rings (SSSR count). The summed E-state index contributed by atoms with van der Waals surface area (Å²) in [6, 6.07) is 6.18. The lowest BCUT2D eigenvalue weighted by atomic mass is 9.96. The number of para-hydroxylation sites is 1. The summed E-state index contributed by atoms with van der Waals surface area (Å²) in [4.78, 5) is 22.6. The molecule has 8 heteroatoms. The first kappa shape index (κ1) is 14.9. The summed E-state index contributed by atoms with van der Waals surface area (Å²) in [6.07, 6.45) is 5.10. The number of amides is 1. The average Bonchev–Trinajstić information content (AvgIpc) is 2.99. The third kappa shape index (κ3) is 3.10. The van der Waals surface area contributed by atoms with Gasteiger partial charge in [0.1, 0.15) is 0 Å². The Bertz CT molecular complexity index is 781. The standard InChI is InChI=1S/C15H15N5O3/c21-15(14-11-6-2-3-7-12(11)17-18-14)19-16-9-10-5-1-4-8-13(10)20(22)23/h1,4-5,8-9H,2-3,6-7H2,(H,17,18)(H,19,21)/b16-9+. The van der Waals surface area contributed by atoms with Gasteiger partial charge >= 0.3 is 0 Å². The van der Waals surface area contributed by atoms with Crippen LogP contribution < -0.4 is 5.43 Å². The van der Waals surface area contributed by atoms with Crippen LogP contribution in [0.1, 0.15) is 40.2 Å². The number of nitrogens with zero attached hydrogens (tertiary/aromatic N) is 3. The van der Waals surface area contributed by atoms with Gasteiger partial charge in [-0.2, -0.15) is 10.2 Å². The number of carbonyl (C=O) groups is 1. The fraction of sp³-hybridized carbons (Fsp3) is 0.267. The number of rotatable bonds is 4. The Morgan fingerprint density at radius 3 is 2.96 bits per heavy atom. The van der Waals surface area contributed by atoms with E-state index in [1.165, 1.54) is 12.3 Å². The fourth-order valence-electron chi connectivity index (χ4n) is 2.65. The van der Waals surface area contributed by atoms with Crippen LogP contribution in [0.4, 0.5) is 5.69 Å². The Labute approximate surface area is 131 Å². The predicted octanol–water partition coefficient (Wildman–Crippen LogP) is 1.96. The Kier molecular flexibility index (Phi) is 4.13. The number of H-pyrrole nitrogens is 1. The molecule has 0 saturated heterocycles. The summed E-state index contributed by atoms with van der Waals surface area (Å²) < 4.78 is 0. The molecule has 23 heavy (non-hydrogen) atoms. The highest BCUT2D eigenvalue weighted by molar-refractivity contribution is 5.95. The quantitative estimate of drug-likeness (QED) is 0.510. The minimum absolute atomic E-state index is 0.0670. The zero-order valence-electron chi connectivity index (χ0n) is 12.3. The molecule has 2 aromatic rings. The largest absolute Gasteiger partial charge is 0.292 e. The summed E-state index contributed by atoms with van der Waals surface area (Å²) in [5, 5.41) is 21.7. The second-order valence-corrected chi connectivity index (χ2v) is 5.25. The molecule has 1 aromatic carbocycles. The summed E-state index contributed by atoms with van der Waals surface area (Å²) in [5.41, 5.74) is 4.92. The number of carbonyl (C=O) groups excluding carboxylic acids is 1. The van der Waals surface area contributed by atoms with E-state index in [4.69, 9.17) is 0 Å². The number of hydrogen-bond donors (Lipinski definition) is 2. The molecule has 1 heterocycles. The van der Waals surface area contributed by atoms with E-state index < -0.39 is 10.8 Å². The van der Waals surface area contributed by atoms with Gasteiger partial charge in [0.2, 0.25) is 0 Å². The van der Waals surface area contributed by atoms with Crippen LogP contribution in [0.15, 0.2) is 29.4 Å². The van der Waals surface area contributed by atoms with Crippen molar-refractivity contribution >= 4 is 17.8 Å². The van der Waals surface area contributed by atoms with Gasteiger partial charge in [-0.1, -0.05) is 12.1 Å². The van der Waals surface area contributed by atoms with Gasteiger partial charge in [0.05, 0.1) is 16.7 Å². The van der Waals surface area contributed by atoms with Gasteiger partial charge in [-0.05, 0) is 31.7 Å².